The predicted molar refractivity (Wildman–Crippen MR) is 103 cm³/mol. The largest absolute Gasteiger partial charge is 0.496 e. The second kappa shape index (κ2) is 8.74. The van der Waals surface area contributed by atoms with Crippen molar-refractivity contribution in [2.24, 2.45) is 5.18 Å². The van der Waals surface area contributed by atoms with Gasteiger partial charge in [-0.15, -0.1) is 4.91 Å². The first-order chi connectivity index (χ1) is 13.5. The zero-order valence-electron chi connectivity index (χ0n) is 14.9. The van der Waals surface area contributed by atoms with Crippen molar-refractivity contribution in [2.75, 3.05) is 33.3 Å². The van der Waals surface area contributed by atoms with Crippen molar-refractivity contribution in [1.29, 1.82) is 0 Å². The van der Waals surface area contributed by atoms with E-state index in [1.165, 1.54) is 41.7 Å². The molecule has 0 amide bonds. The molecular formula is C17H18ClN3O6S. The molecule has 2 aromatic rings. The maximum Gasteiger partial charge on any atom is 0.246 e. The van der Waals surface area contributed by atoms with E-state index in [1.807, 2.05) is 0 Å². The zero-order chi connectivity index (χ0) is 20.1. The van der Waals surface area contributed by atoms with E-state index < -0.39 is 10.0 Å². The molecule has 1 fully saturated rings. The van der Waals surface area contributed by atoms with Gasteiger partial charge in [0.05, 0.1) is 7.11 Å². The van der Waals surface area contributed by atoms with Crippen LogP contribution in [0.1, 0.15) is 0 Å². The summed E-state index contributed by atoms with van der Waals surface area (Å²) in [6.45, 7) is 1.69. The second-order valence-electron chi connectivity index (χ2n) is 5.90. The quantitative estimate of drug-likeness (QED) is 0.677. The summed E-state index contributed by atoms with van der Waals surface area (Å²) >= 11 is 5.41. The van der Waals surface area contributed by atoms with E-state index in [0.717, 1.165) is 0 Å². The van der Waals surface area contributed by atoms with Crippen LogP contribution in [0.15, 0.2) is 46.5 Å². The van der Waals surface area contributed by atoms with Gasteiger partial charge in [0.15, 0.2) is 5.75 Å². The Morgan fingerprint density at radius 2 is 1.75 bits per heavy atom. The third-order valence-corrected chi connectivity index (χ3v) is 6.23. The zero-order valence-corrected chi connectivity index (χ0v) is 16.5. The highest BCUT2D eigenvalue weighted by Gasteiger charge is 2.29. The fourth-order valence-corrected chi connectivity index (χ4v) is 4.42. The van der Waals surface area contributed by atoms with Gasteiger partial charge in [-0.2, -0.15) is 4.31 Å². The molecule has 0 bridgehead atoms. The number of rotatable bonds is 7. The number of nitrogens with one attached hydrogen (secondary N) is 1. The highest BCUT2D eigenvalue weighted by atomic mass is 35.5. The lowest BCUT2D eigenvalue weighted by Crippen LogP contribution is -2.46. The van der Waals surface area contributed by atoms with Crippen LogP contribution in [0, 0.1) is 4.91 Å². The molecule has 0 aliphatic carbocycles. The first-order valence-corrected chi connectivity index (χ1v) is 10.1. The molecule has 1 N–H and O–H groups in total. The van der Waals surface area contributed by atoms with E-state index in [2.05, 4.69) is 14.8 Å². The summed E-state index contributed by atoms with van der Waals surface area (Å²) in [6, 6.07) is 8.51. The van der Waals surface area contributed by atoms with Gasteiger partial charge in [-0.05, 0) is 23.4 Å². The molecule has 3 rings (SSSR count). The van der Waals surface area contributed by atoms with Gasteiger partial charge in [-0.1, -0.05) is 0 Å². The van der Waals surface area contributed by atoms with Gasteiger partial charge >= 0.3 is 0 Å². The third-order valence-electron chi connectivity index (χ3n) is 4.13. The van der Waals surface area contributed by atoms with Crippen LogP contribution in [-0.4, -0.2) is 46.0 Å². The van der Waals surface area contributed by atoms with Crippen molar-refractivity contribution in [3.63, 3.8) is 0 Å². The van der Waals surface area contributed by atoms with E-state index >= 15 is 0 Å². The summed E-state index contributed by atoms with van der Waals surface area (Å²) in [6.07, 6.45) is 0. The van der Waals surface area contributed by atoms with E-state index in [1.54, 1.807) is 6.07 Å². The average molecular weight is 428 g/mol. The van der Waals surface area contributed by atoms with Gasteiger partial charge in [0.1, 0.15) is 39.7 Å². The van der Waals surface area contributed by atoms with Crippen molar-refractivity contribution in [2.45, 2.75) is 4.90 Å². The Labute approximate surface area is 167 Å². The lowest BCUT2D eigenvalue weighted by atomic mass is 10.3. The van der Waals surface area contributed by atoms with E-state index in [-0.39, 0.29) is 27.8 Å². The standard InChI is InChI=1S/C17H18ClN3O6S/c1-25-13-9-14(11-15(10-13)27-18)26-16-3-2-12(20-22)8-17(16)28(23,24)21-6-4-19-5-7-21/h2-3,8-11,19H,4-7H2,1H3. The van der Waals surface area contributed by atoms with Crippen molar-refractivity contribution >= 4 is 27.6 Å². The number of hydrogen-bond acceptors (Lipinski definition) is 8. The van der Waals surface area contributed by atoms with E-state index in [4.69, 9.17) is 21.3 Å². The number of ether oxygens (including phenoxy) is 2. The van der Waals surface area contributed by atoms with Gasteiger partial charge in [0.25, 0.3) is 0 Å². The molecule has 0 atom stereocenters. The molecule has 0 unspecified atom stereocenters. The molecule has 0 radical (unpaired) electrons. The van der Waals surface area contributed by atoms with E-state index in [0.29, 0.717) is 31.9 Å². The Morgan fingerprint density at radius 1 is 1.07 bits per heavy atom. The fraction of sp³-hybridized carbons (Fsp3) is 0.294. The van der Waals surface area contributed by atoms with Gasteiger partial charge in [-0.3, -0.25) is 0 Å². The molecule has 150 valence electrons. The number of hydrogen-bond donors (Lipinski definition) is 1. The predicted octanol–water partition coefficient (Wildman–Crippen LogP) is 3.01. The van der Waals surface area contributed by atoms with Crippen LogP contribution in [0.5, 0.6) is 23.0 Å². The van der Waals surface area contributed by atoms with E-state index in [9.17, 15) is 13.3 Å². The molecule has 0 spiro atoms. The maximum absolute atomic E-state index is 13.1. The molecule has 0 saturated carbocycles. The molecule has 2 aromatic carbocycles. The number of halogens is 1. The van der Waals surface area contributed by atoms with Gasteiger partial charge in [0, 0.05) is 44.4 Å². The molecule has 1 aliphatic rings. The normalized spacial score (nSPS) is 15.1. The molecule has 11 heteroatoms. The monoisotopic (exact) mass is 427 g/mol. The van der Waals surface area contributed by atoms with Crippen molar-refractivity contribution in [3.8, 4) is 23.0 Å². The number of methoxy groups -OCH3 is 1. The minimum atomic E-state index is -3.90. The third kappa shape index (κ3) is 4.36. The summed E-state index contributed by atoms with van der Waals surface area (Å²) in [5.41, 5.74) is -0.0171. The van der Waals surface area contributed by atoms with Crippen LogP contribution in [0.2, 0.25) is 0 Å². The van der Waals surface area contributed by atoms with Crippen LogP contribution < -0.4 is 19.1 Å². The molecular weight excluding hydrogens is 410 g/mol. The summed E-state index contributed by atoms with van der Waals surface area (Å²) < 4.78 is 43.2. The number of nitroso groups, excluding NO2 is 1. The Morgan fingerprint density at radius 3 is 2.39 bits per heavy atom. The van der Waals surface area contributed by atoms with Gasteiger partial charge in [0.2, 0.25) is 10.0 Å². The van der Waals surface area contributed by atoms with Crippen LogP contribution in [0.3, 0.4) is 0 Å². The summed E-state index contributed by atoms with van der Waals surface area (Å²) in [7, 11) is -2.44. The maximum atomic E-state index is 13.1. The second-order valence-corrected chi connectivity index (χ2v) is 7.96. The van der Waals surface area contributed by atoms with Crippen LogP contribution in [0.4, 0.5) is 5.69 Å². The molecule has 0 aromatic heterocycles. The minimum Gasteiger partial charge on any atom is -0.496 e. The lowest BCUT2D eigenvalue weighted by molar-refractivity contribution is 0.358. The highest BCUT2D eigenvalue weighted by Crippen LogP contribution is 2.37. The highest BCUT2D eigenvalue weighted by molar-refractivity contribution is 7.89. The van der Waals surface area contributed by atoms with Crippen molar-refractivity contribution in [3.05, 3.63) is 41.3 Å². The Kier molecular flexibility index (Phi) is 6.35. The fourth-order valence-electron chi connectivity index (χ4n) is 2.76. The SMILES string of the molecule is COc1cc(OCl)cc(Oc2ccc(N=O)cc2S(=O)(=O)N2CCNCC2)c1. The van der Waals surface area contributed by atoms with Crippen LogP contribution >= 0.6 is 11.9 Å². The summed E-state index contributed by atoms with van der Waals surface area (Å²) in [4.78, 5) is 10.8. The smallest absolute Gasteiger partial charge is 0.246 e. The Hall–Kier alpha value is -2.40. The topological polar surface area (TPSA) is 107 Å². The van der Waals surface area contributed by atoms with Crippen molar-refractivity contribution in [1.82, 2.24) is 9.62 Å². The average Bonchev–Trinajstić information content (AvgIpc) is 2.74. The Bertz CT molecular complexity index is 941. The van der Waals surface area contributed by atoms with Crippen molar-refractivity contribution < 1.29 is 22.2 Å². The Balaban J connectivity index is 2.03. The molecule has 28 heavy (non-hydrogen) atoms. The van der Waals surface area contributed by atoms with Crippen LogP contribution in [0.25, 0.3) is 0 Å². The molecule has 1 heterocycles. The van der Waals surface area contributed by atoms with Gasteiger partial charge in [-0.25, -0.2) is 8.42 Å². The minimum absolute atomic E-state index is 0.0171. The van der Waals surface area contributed by atoms with Gasteiger partial charge < -0.3 is 19.1 Å². The number of sulfonamides is 1. The van der Waals surface area contributed by atoms with Crippen LogP contribution in [-0.2, 0) is 10.0 Å². The number of piperazine rings is 1. The molecule has 1 aliphatic heterocycles. The summed E-state index contributed by atoms with van der Waals surface area (Å²) in [5, 5.41) is 5.93. The molecule has 1 saturated heterocycles. The summed E-state index contributed by atoms with van der Waals surface area (Å²) in [5.74, 6) is 0.956. The number of benzene rings is 2. The molecule has 9 nitrogen and oxygen atoms in total. The number of nitrogens with zero attached hydrogens (tertiary/aromatic N) is 2. The first kappa shape index (κ1) is 20.3. The lowest BCUT2D eigenvalue weighted by Gasteiger charge is -2.27. The first-order valence-electron chi connectivity index (χ1n) is 8.31.